The maximum Gasteiger partial charge on any atom is 0.276 e. The number of rotatable bonds is 4. The number of amides is 2. The van der Waals surface area contributed by atoms with Gasteiger partial charge in [0.05, 0.1) is 22.4 Å². The zero-order chi connectivity index (χ0) is 28.8. The monoisotopic (exact) mass is 570 g/mol. The third-order valence-electron chi connectivity index (χ3n) is 7.83. The first-order chi connectivity index (χ1) is 19.7. The smallest absolute Gasteiger partial charge is 0.276 e. The van der Waals surface area contributed by atoms with E-state index in [1.165, 1.54) is 17.4 Å². The molecule has 2 N–H and O–H groups in total. The minimum atomic E-state index is -0.473. The maximum atomic E-state index is 14.4. The van der Waals surface area contributed by atoms with Gasteiger partial charge in [-0.2, -0.15) is 0 Å². The molecule has 2 atom stereocenters. The van der Waals surface area contributed by atoms with Crippen molar-refractivity contribution in [3.05, 3.63) is 93.7 Å². The molecule has 4 aromatic rings. The average molecular weight is 571 g/mol. The fourth-order valence-corrected chi connectivity index (χ4v) is 6.84. The Morgan fingerprint density at radius 3 is 2.66 bits per heavy atom. The van der Waals surface area contributed by atoms with Crippen molar-refractivity contribution in [2.45, 2.75) is 45.8 Å². The highest BCUT2D eigenvalue weighted by molar-refractivity contribution is 7.17. The summed E-state index contributed by atoms with van der Waals surface area (Å²) in [6.45, 7) is 6.69. The van der Waals surface area contributed by atoms with Crippen LogP contribution in [0.1, 0.15) is 50.2 Å². The lowest BCUT2D eigenvalue weighted by Gasteiger charge is -2.25. The van der Waals surface area contributed by atoms with E-state index in [0.29, 0.717) is 47.9 Å². The van der Waals surface area contributed by atoms with E-state index in [0.717, 1.165) is 27.3 Å². The molecule has 2 aliphatic rings. The van der Waals surface area contributed by atoms with E-state index >= 15 is 0 Å². The van der Waals surface area contributed by atoms with Crippen LogP contribution in [0.5, 0.6) is 0 Å². The lowest BCUT2D eigenvalue weighted by atomic mass is 10.1. The second-order valence-corrected chi connectivity index (χ2v) is 11.9. The number of para-hydroxylation sites is 1. The number of aliphatic hydroxyl groups excluding tert-OH is 1. The van der Waals surface area contributed by atoms with Gasteiger partial charge < -0.3 is 20.2 Å². The number of halogens is 1. The highest BCUT2D eigenvalue weighted by atomic mass is 32.1. The van der Waals surface area contributed by atoms with Gasteiger partial charge in [-0.1, -0.05) is 30.3 Å². The molecule has 7 nitrogen and oxygen atoms in total. The van der Waals surface area contributed by atoms with E-state index in [4.69, 9.17) is 4.98 Å². The molecule has 41 heavy (non-hydrogen) atoms. The fourth-order valence-electron chi connectivity index (χ4n) is 5.70. The standard InChI is InChI=1S/C32H31FN4O3S/c1-18-10-11-23-26(14-18)36(32(40)25-8-5-9-28(34-25)37-17-22(38)15-20(37)3)13-12-21-16-27(41-30(21)23)31(39)35-29-19(2)6-4-7-24(29)33/h4-11,14,16,20,22,38H,12-13,15,17H2,1-3H3,(H,35,39)/t20-,22-/m0/s1. The highest BCUT2D eigenvalue weighted by Crippen LogP contribution is 2.42. The van der Waals surface area contributed by atoms with Gasteiger partial charge in [0.15, 0.2) is 0 Å². The van der Waals surface area contributed by atoms with Crippen LogP contribution in [0.25, 0.3) is 10.4 Å². The van der Waals surface area contributed by atoms with Gasteiger partial charge in [-0.05, 0) is 80.6 Å². The summed E-state index contributed by atoms with van der Waals surface area (Å²) in [5.41, 5.74) is 4.79. The van der Waals surface area contributed by atoms with Crippen LogP contribution in [0.2, 0.25) is 0 Å². The normalized spacial score (nSPS) is 18.1. The third kappa shape index (κ3) is 5.11. The summed E-state index contributed by atoms with van der Waals surface area (Å²) >= 11 is 1.35. The van der Waals surface area contributed by atoms with Crippen molar-refractivity contribution < 1.29 is 19.1 Å². The molecular formula is C32H31FN4O3S. The number of carbonyl (C=O) groups is 2. The van der Waals surface area contributed by atoms with Crippen molar-refractivity contribution in [1.82, 2.24) is 4.98 Å². The number of aromatic nitrogens is 1. The van der Waals surface area contributed by atoms with Crippen LogP contribution in [0.4, 0.5) is 21.6 Å². The van der Waals surface area contributed by atoms with Crippen LogP contribution in [0, 0.1) is 19.7 Å². The summed E-state index contributed by atoms with van der Waals surface area (Å²) in [4.78, 5) is 37.1. The van der Waals surface area contributed by atoms with Crippen molar-refractivity contribution in [2.75, 3.05) is 28.2 Å². The molecule has 0 aliphatic carbocycles. The molecule has 0 radical (unpaired) electrons. The molecule has 4 heterocycles. The SMILES string of the molecule is Cc1ccc2c(c1)N(C(=O)c1cccc(N3C[C@@H](O)C[C@@H]3C)n1)CCc1cc(C(=O)Nc3c(C)cccc3F)sc1-2. The minimum absolute atomic E-state index is 0.133. The quantitative estimate of drug-likeness (QED) is 0.315. The Labute approximate surface area is 242 Å². The van der Waals surface area contributed by atoms with Crippen molar-refractivity contribution in [1.29, 1.82) is 0 Å². The van der Waals surface area contributed by atoms with Gasteiger partial charge >= 0.3 is 0 Å². The second kappa shape index (κ2) is 10.7. The van der Waals surface area contributed by atoms with E-state index in [-0.39, 0.29) is 23.5 Å². The summed E-state index contributed by atoms with van der Waals surface area (Å²) in [5.74, 6) is -0.354. The van der Waals surface area contributed by atoms with Gasteiger partial charge in [-0.15, -0.1) is 11.3 Å². The number of aryl methyl sites for hydroxylation is 2. The highest BCUT2D eigenvalue weighted by Gasteiger charge is 2.31. The number of aliphatic hydroxyl groups is 1. The van der Waals surface area contributed by atoms with Gasteiger partial charge in [0.2, 0.25) is 0 Å². The Morgan fingerprint density at radius 2 is 1.90 bits per heavy atom. The first-order valence-corrected chi connectivity index (χ1v) is 14.5. The van der Waals surface area contributed by atoms with Crippen molar-refractivity contribution >= 4 is 40.3 Å². The summed E-state index contributed by atoms with van der Waals surface area (Å²) in [7, 11) is 0. The van der Waals surface area contributed by atoms with E-state index < -0.39 is 11.9 Å². The Kier molecular flexibility index (Phi) is 7.09. The van der Waals surface area contributed by atoms with Crippen molar-refractivity contribution in [3.8, 4) is 10.4 Å². The first-order valence-electron chi connectivity index (χ1n) is 13.7. The zero-order valence-electron chi connectivity index (χ0n) is 23.1. The van der Waals surface area contributed by atoms with Crippen molar-refractivity contribution in [3.63, 3.8) is 0 Å². The lowest BCUT2D eigenvalue weighted by molar-refractivity contribution is 0.0981. The predicted molar refractivity (Wildman–Crippen MR) is 161 cm³/mol. The Morgan fingerprint density at radius 1 is 1.10 bits per heavy atom. The summed E-state index contributed by atoms with van der Waals surface area (Å²) in [6.07, 6.45) is 0.807. The van der Waals surface area contributed by atoms with Gasteiger partial charge in [0.1, 0.15) is 17.3 Å². The van der Waals surface area contributed by atoms with E-state index in [2.05, 4.69) is 5.32 Å². The number of nitrogens with one attached hydrogen (secondary N) is 1. The number of benzene rings is 2. The van der Waals surface area contributed by atoms with E-state index in [9.17, 15) is 19.1 Å². The summed E-state index contributed by atoms with van der Waals surface area (Å²) in [5, 5.41) is 12.9. The molecule has 1 fully saturated rings. The topological polar surface area (TPSA) is 85.8 Å². The molecule has 2 aromatic heterocycles. The molecule has 9 heteroatoms. The predicted octanol–water partition coefficient (Wildman–Crippen LogP) is 5.98. The van der Waals surface area contributed by atoms with Crippen LogP contribution < -0.4 is 15.1 Å². The second-order valence-electron chi connectivity index (χ2n) is 10.9. The minimum Gasteiger partial charge on any atom is -0.391 e. The number of pyridine rings is 1. The number of thiophene rings is 1. The summed E-state index contributed by atoms with van der Waals surface area (Å²) < 4.78 is 14.4. The number of anilines is 3. The first kappa shape index (κ1) is 27.1. The third-order valence-corrected chi connectivity index (χ3v) is 9.04. The molecule has 2 aromatic carbocycles. The molecule has 2 aliphatic heterocycles. The molecule has 6 rings (SSSR count). The van der Waals surface area contributed by atoms with Crippen molar-refractivity contribution in [2.24, 2.45) is 0 Å². The molecule has 0 bridgehead atoms. The Hall–Kier alpha value is -4.08. The average Bonchev–Trinajstić information content (AvgIpc) is 3.49. The van der Waals surface area contributed by atoms with E-state index in [1.54, 1.807) is 30.0 Å². The molecule has 2 amide bonds. The number of β-amino-alcohol motifs (C(OH)–C–C–N with tert-alkyl or cyclic N) is 1. The fraction of sp³-hybridized carbons (Fsp3) is 0.281. The van der Waals surface area contributed by atoms with Crippen LogP contribution in [-0.4, -0.2) is 47.1 Å². The molecular weight excluding hydrogens is 539 g/mol. The molecule has 0 saturated carbocycles. The van der Waals surface area contributed by atoms with E-state index in [1.807, 2.05) is 55.1 Å². The number of hydrogen-bond donors (Lipinski definition) is 2. The number of hydrogen-bond acceptors (Lipinski definition) is 6. The molecule has 210 valence electrons. The summed E-state index contributed by atoms with van der Waals surface area (Å²) in [6, 6.07) is 18.1. The number of fused-ring (bicyclic) bond motifs is 3. The Balaban J connectivity index is 1.32. The van der Waals surface area contributed by atoms with Gasteiger partial charge in [-0.25, -0.2) is 9.37 Å². The maximum absolute atomic E-state index is 14.4. The van der Waals surface area contributed by atoms with Crippen LogP contribution in [-0.2, 0) is 6.42 Å². The number of carbonyl (C=O) groups excluding carboxylic acids is 2. The molecule has 0 unspecified atom stereocenters. The zero-order valence-corrected chi connectivity index (χ0v) is 24.0. The van der Waals surface area contributed by atoms with Crippen LogP contribution in [0.15, 0.2) is 60.7 Å². The van der Waals surface area contributed by atoms with Gasteiger partial charge in [0, 0.05) is 29.6 Å². The van der Waals surface area contributed by atoms with Gasteiger partial charge in [-0.3, -0.25) is 9.59 Å². The number of nitrogens with zero attached hydrogens (tertiary/aromatic N) is 3. The Bertz CT molecular complexity index is 1650. The largest absolute Gasteiger partial charge is 0.391 e. The molecule has 0 spiro atoms. The van der Waals surface area contributed by atoms with Crippen LogP contribution in [0.3, 0.4) is 0 Å². The van der Waals surface area contributed by atoms with Crippen LogP contribution >= 0.6 is 11.3 Å². The molecule has 1 saturated heterocycles. The van der Waals surface area contributed by atoms with Gasteiger partial charge in [0.25, 0.3) is 11.8 Å². The lowest BCUT2D eigenvalue weighted by Crippen LogP contribution is -2.34.